The first-order chi connectivity index (χ1) is 12.5. The minimum Gasteiger partial charge on any atom is -0.508 e. The highest BCUT2D eigenvalue weighted by molar-refractivity contribution is 6.04. The number of carbonyl (C=O) groups excluding carboxylic acids is 1. The largest absolute Gasteiger partial charge is 0.508 e. The lowest BCUT2D eigenvalue weighted by Crippen LogP contribution is -2.25. The number of hydrogen-bond donors (Lipinski definition) is 3. The monoisotopic (exact) mass is 348 g/mol. The highest BCUT2D eigenvalue weighted by atomic mass is 16.4. The zero-order valence-corrected chi connectivity index (χ0v) is 13.7. The highest BCUT2D eigenvalue weighted by Gasteiger charge is 2.34. The Hall–Kier alpha value is -3.54. The molecule has 1 aliphatic rings. The lowest BCUT2D eigenvalue weighted by atomic mass is 9.88. The van der Waals surface area contributed by atoms with Crippen molar-refractivity contribution in [1.29, 1.82) is 0 Å². The summed E-state index contributed by atoms with van der Waals surface area (Å²) in [7, 11) is 0. The Morgan fingerprint density at radius 1 is 1.08 bits per heavy atom. The summed E-state index contributed by atoms with van der Waals surface area (Å²) in [6.45, 7) is 0. The summed E-state index contributed by atoms with van der Waals surface area (Å²) < 4.78 is 1.82. The zero-order valence-electron chi connectivity index (χ0n) is 13.7. The molecule has 3 aromatic rings. The average molecular weight is 348 g/mol. The van der Waals surface area contributed by atoms with Crippen molar-refractivity contribution < 1.29 is 19.8 Å². The third-order valence-electron chi connectivity index (χ3n) is 4.59. The van der Waals surface area contributed by atoms with Crippen molar-refractivity contribution in [3.63, 3.8) is 0 Å². The summed E-state index contributed by atoms with van der Waals surface area (Å²) in [5.41, 5.74) is 2.76. The predicted octanol–water partition coefficient (Wildman–Crippen LogP) is 3.36. The van der Waals surface area contributed by atoms with Crippen molar-refractivity contribution in [3.8, 4) is 11.4 Å². The van der Waals surface area contributed by atoms with E-state index in [0.29, 0.717) is 5.69 Å². The number of fused-ring (bicyclic) bond motifs is 1. The van der Waals surface area contributed by atoms with Crippen molar-refractivity contribution in [1.82, 2.24) is 4.57 Å². The number of phenols is 1. The van der Waals surface area contributed by atoms with E-state index in [0.717, 1.165) is 16.9 Å². The third-order valence-corrected chi connectivity index (χ3v) is 4.59. The first-order valence-corrected chi connectivity index (χ1v) is 8.17. The van der Waals surface area contributed by atoms with Gasteiger partial charge < -0.3 is 20.1 Å². The molecule has 2 aromatic carbocycles. The van der Waals surface area contributed by atoms with E-state index in [1.165, 1.54) is 0 Å². The zero-order chi connectivity index (χ0) is 18.3. The molecule has 0 spiro atoms. The Labute approximate surface area is 149 Å². The van der Waals surface area contributed by atoms with Gasteiger partial charge in [-0.2, -0.15) is 0 Å². The van der Waals surface area contributed by atoms with E-state index in [9.17, 15) is 19.8 Å². The van der Waals surface area contributed by atoms with Crippen LogP contribution in [0.3, 0.4) is 0 Å². The van der Waals surface area contributed by atoms with Crippen molar-refractivity contribution in [2.75, 3.05) is 5.32 Å². The van der Waals surface area contributed by atoms with Crippen LogP contribution in [0.4, 0.5) is 5.69 Å². The van der Waals surface area contributed by atoms with Crippen LogP contribution in [-0.4, -0.2) is 26.7 Å². The number of amides is 1. The molecule has 0 aliphatic carbocycles. The van der Waals surface area contributed by atoms with E-state index in [-0.39, 0.29) is 29.6 Å². The molecule has 2 heterocycles. The molecule has 1 aromatic heterocycles. The number of phenolic OH excluding ortho intramolecular Hbond substituents is 1. The SMILES string of the molecule is O=C1CC(c2ccc(O)cc2)c2c(c(C(=O)O)cn2-c2ccccc2)N1. The first kappa shape index (κ1) is 16.0. The fraction of sp³-hybridized carbons (Fsp3) is 0.100. The maximum atomic E-state index is 12.2. The predicted molar refractivity (Wildman–Crippen MR) is 95.9 cm³/mol. The van der Waals surface area contributed by atoms with Crippen LogP contribution in [0.25, 0.3) is 5.69 Å². The molecule has 6 heteroatoms. The maximum absolute atomic E-state index is 12.2. The molecule has 1 atom stereocenters. The van der Waals surface area contributed by atoms with Crippen LogP contribution in [0.5, 0.6) is 5.75 Å². The highest BCUT2D eigenvalue weighted by Crippen LogP contribution is 2.41. The van der Waals surface area contributed by atoms with Gasteiger partial charge in [0.05, 0.1) is 11.4 Å². The van der Waals surface area contributed by atoms with Gasteiger partial charge in [-0.1, -0.05) is 30.3 Å². The fourth-order valence-electron chi connectivity index (χ4n) is 3.41. The van der Waals surface area contributed by atoms with Crippen LogP contribution < -0.4 is 5.32 Å². The normalized spacial score (nSPS) is 16.0. The van der Waals surface area contributed by atoms with Crippen LogP contribution >= 0.6 is 0 Å². The van der Waals surface area contributed by atoms with Gasteiger partial charge in [0.1, 0.15) is 11.3 Å². The minimum atomic E-state index is -1.09. The Morgan fingerprint density at radius 2 is 1.77 bits per heavy atom. The van der Waals surface area contributed by atoms with Crippen LogP contribution in [0.1, 0.15) is 34.0 Å². The van der Waals surface area contributed by atoms with Crippen molar-refractivity contribution in [3.05, 3.63) is 77.6 Å². The molecule has 6 nitrogen and oxygen atoms in total. The number of benzene rings is 2. The number of rotatable bonds is 3. The number of aromatic hydroxyl groups is 1. The summed E-state index contributed by atoms with van der Waals surface area (Å²) >= 11 is 0. The Morgan fingerprint density at radius 3 is 2.42 bits per heavy atom. The van der Waals surface area contributed by atoms with Gasteiger partial charge in [0.25, 0.3) is 0 Å². The molecule has 0 bridgehead atoms. The Bertz CT molecular complexity index is 991. The molecule has 1 amide bonds. The number of aromatic carboxylic acids is 1. The molecule has 0 fully saturated rings. The van der Waals surface area contributed by atoms with Gasteiger partial charge in [-0.15, -0.1) is 0 Å². The first-order valence-electron chi connectivity index (χ1n) is 8.17. The van der Waals surface area contributed by atoms with Gasteiger partial charge >= 0.3 is 5.97 Å². The number of carbonyl (C=O) groups is 2. The number of aromatic nitrogens is 1. The second-order valence-corrected chi connectivity index (χ2v) is 6.21. The van der Waals surface area contributed by atoms with E-state index in [4.69, 9.17) is 0 Å². The van der Waals surface area contributed by atoms with Crippen molar-refractivity contribution in [2.45, 2.75) is 12.3 Å². The average Bonchev–Trinajstić information content (AvgIpc) is 3.02. The van der Waals surface area contributed by atoms with Gasteiger partial charge in [-0.25, -0.2) is 4.79 Å². The quantitative estimate of drug-likeness (QED) is 0.677. The van der Waals surface area contributed by atoms with E-state index in [2.05, 4.69) is 5.32 Å². The van der Waals surface area contributed by atoms with E-state index in [1.807, 2.05) is 34.9 Å². The number of carboxylic acid groups (broad SMARTS) is 1. The lowest BCUT2D eigenvalue weighted by molar-refractivity contribution is -0.116. The van der Waals surface area contributed by atoms with Gasteiger partial charge in [0.2, 0.25) is 5.91 Å². The molecule has 0 saturated heterocycles. The van der Waals surface area contributed by atoms with E-state index >= 15 is 0 Å². The maximum Gasteiger partial charge on any atom is 0.339 e. The number of para-hydroxylation sites is 1. The van der Waals surface area contributed by atoms with Crippen LogP contribution in [-0.2, 0) is 4.79 Å². The standard InChI is InChI=1S/C20H16N2O4/c23-14-8-6-12(7-9-14)15-10-17(24)21-18-16(20(25)26)11-22(19(15)18)13-4-2-1-3-5-13/h1-9,11,15,23H,10H2,(H,21,24)(H,25,26). The molecule has 3 N–H and O–H groups in total. The third kappa shape index (κ3) is 2.61. The molecule has 26 heavy (non-hydrogen) atoms. The van der Waals surface area contributed by atoms with Gasteiger partial charge in [-0.3, -0.25) is 4.79 Å². The molecule has 0 saturated carbocycles. The number of anilines is 1. The molecule has 130 valence electrons. The number of nitrogens with zero attached hydrogens (tertiary/aromatic N) is 1. The fourth-order valence-corrected chi connectivity index (χ4v) is 3.41. The van der Waals surface area contributed by atoms with E-state index < -0.39 is 5.97 Å². The number of nitrogens with one attached hydrogen (secondary N) is 1. The van der Waals surface area contributed by atoms with E-state index in [1.54, 1.807) is 30.5 Å². The van der Waals surface area contributed by atoms with Crippen molar-refractivity contribution in [2.24, 2.45) is 0 Å². The number of hydrogen-bond acceptors (Lipinski definition) is 3. The topological polar surface area (TPSA) is 91.6 Å². The van der Waals surface area contributed by atoms with Crippen LogP contribution in [0.2, 0.25) is 0 Å². The summed E-state index contributed by atoms with van der Waals surface area (Å²) in [6.07, 6.45) is 1.75. The summed E-state index contributed by atoms with van der Waals surface area (Å²) in [5, 5.41) is 21.9. The summed E-state index contributed by atoms with van der Waals surface area (Å²) in [5.74, 6) is -1.50. The molecule has 1 aliphatic heterocycles. The molecule has 4 rings (SSSR count). The van der Waals surface area contributed by atoms with Crippen LogP contribution in [0.15, 0.2) is 60.8 Å². The Kier molecular flexibility index (Phi) is 3.73. The molecular weight excluding hydrogens is 332 g/mol. The van der Waals surface area contributed by atoms with Gasteiger partial charge in [-0.05, 0) is 29.8 Å². The summed E-state index contributed by atoms with van der Waals surface area (Å²) in [4.78, 5) is 23.9. The van der Waals surface area contributed by atoms with Crippen LogP contribution in [0, 0.1) is 0 Å². The molecular formula is C20H16N2O4. The Balaban J connectivity index is 1.96. The minimum absolute atomic E-state index is 0.0562. The summed E-state index contributed by atoms with van der Waals surface area (Å²) in [6, 6.07) is 16.0. The molecule has 0 radical (unpaired) electrons. The second kappa shape index (κ2) is 6.07. The van der Waals surface area contributed by atoms with Crippen molar-refractivity contribution >= 4 is 17.6 Å². The number of carboxylic acids is 1. The molecule has 1 unspecified atom stereocenters. The van der Waals surface area contributed by atoms with Gasteiger partial charge in [0.15, 0.2) is 0 Å². The lowest BCUT2D eigenvalue weighted by Gasteiger charge is -2.26. The second-order valence-electron chi connectivity index (χ2n) is 6.21. The van der Waals surface area contributed by atoms with Gasteiger partial charge in [0, 0.05) is 24.2 Å². The smallest absolute Gasteiger partial charge is 0.339 e.